The monoisotopic (exact) mass is 589 g/mol. The molecule has 4 rings (SSSR count). The summed E-state index contributed by atoms with van der Waals surface area (Å²) in [5, 5.41) is 0. The Hall–Kier alpha value is -3.84. The van der Waals surface area contributed by atoms with Crippen LogP contribution in [-0.4, -0.2) is 64.0 Å². The maximum atomic E-state index is 13.6. The molecule has 2 aliphatic rings. The Balaban J connectivity index is 1.82. The summed E-state index contributed by atoms with van der Waals surface area (Å²) in [6.07, 6.45) is -9.57. The van der Waals surface area contributed by atoms with Crippen LogP contribution in [0.5, 0.6) is 11.5 Å². The van der Waals surface area contributed by atoms with Gasteiger partial charge < -0.3 is 28.7 Å². The number of nitrogens with zero attached hydrogens (tertiary/aromatic N) is 3. The Bertz CT molecular complexity index is 1250. The SMILES string of the molecule is COc1cc2c(cc1OC)N(C(C)COC=O)CCC2N(Cc1cc(C(F)(F)F)cc(C(F)(F)F)c1)C1=NCCO1. The maximum Gasteiger partial charge on any atom is 0.416 e. The first-order chi connectivity index (χ1) is 19.4. The first-order valence-electron chi connectivity index (χ1n) is 12.7. The number of fused-ring (bicyclic) bond motifs is 1. The lowest BCUT2D eigenvalue weighted by Crippen LogP contribution is -2.45. The molecule has 41 heavy (non-hydrogen) atoms. The molecule has 0 N–H and O–H groups in total. The van der Waals surface area contributed by atoms with E-state index in [0.29, 0.717) is 60.9 Å². The summed E-state index contributed by atoms with van der Waals surface area (Å²) >= 11 is 0. The minimum atomic E-state index is -4.98. The molecule has 2 aliphatic heterocycles. The summed E-state index contributed by atoms with van der Waals surface area (Å²) in [5.41, 5.74) is -1.68. The highest BCUT2D eigenvalue weighted by atomic mass is 19.4. The largest absolute Gasteiger partial charge is 0.493 e. The van der Waals surface area contributed by atoms with Crippen LogP contribution in [0, 0.1) is 0 Å². The average Bonchev–Trinajstić information content (AvgIpc) is 3.47. The fraction of sp³-hybridized carbons (Fsp3) is 0.481. The summed E-state index contributed by atoms with van der Waals surface area (Å²) in [7, 11) is 2.91. The number of ether oxygens (including phenoxy) is 4. The van der Waals surface area contributed by atoms with Crippen molar-refractivity contribution in [3.05, 3.63) is 52.6 Å². The molecule has 0 aliphatic carbocycles. The van der Waals surface area contributed by atoms with E-state index in [1.54, 1.807) is 17.0 Å². The number of anilines is 1. The van der Waals surface area contributed by atoms with Gasteiger partial charge in [0, 0.05) is 30.4 Å². The summed E-state index contributed by atoms with van der Waals surface area (Å²) in [4.78, 5) is 18.7. The summed E-state index contributed by atoms with van der Waals surface area (Å²) in [5.74, 6) is 0.789. The molecular formula is C27H29F6N3O5. The molecule has 2 atom stereocenters. The molecule has 224 valence electrons. The van der Waals surface area contributed by atoms with Gasteiger partial charge in [-0.3, -0.25) is 4.79 Å². The molecule has 0 spiro atoms. The topological polar surface area (TPSA) is 72.8 Å². The van der Waals surface area contributed by atoms with E-state index in [2.05, 4.69) is 4.99 Å². The molecule has 0 aromatic heterocycles. The predicted octanol–water partition coefficient (Wildman–Crippen LogP) is 5.44. The summed E-state index contributed by atoms with van der Waals surface area (Å²) in [6, 6.07) is 4.26. The first-order valence-corrected chi connectivity index (χ1v) is 12.7. The van der Waals surface area contributed by atoms with Crippen LogP contribution in [0.25, 0.3) is 0 Å². The van der Waals surface area contributed by atoms with E-state index in [1.807, 2.05) is 11.8 Å². The number of benzene rings is 2. The zero-order valence-electron chi connectivity index (χ0n) is 22.5. The van der Waals surface area contributed by atoms with E-state index in [9.17, 15) is 31.1 Å². The number of rotatable bonds is 9. The van der Waals surface area contributed by atoms with E-state index in [0.717, 1.165) is 0 Å². The van der Waals surface area contributed by atoms with Gasteiger partial charge in [-0.15, -0.1) is 0 Å². The smallest absolute Gasteiger partial charge is 0.416 e. The van der Waals surface area contributed by atoms with Crippen LogP contribution < -0.4 is 14.4 Å². The second-order valence-electron chi connectivity index (χ2n) is 9.60. The van der Waals surface area contributed by atoms with E-state index >= 15 is 0 Å². The molecule has 2 aromatic carbocycles. The molecule has 0 bridgehead atoms. The van der Waals surface area contributed by atoms with Crippen molar-refractivity contribution in [1.29, 1.82) is 0 Å². The number of alkyl halides is 6. The molecule has 2 aromatic rings. The highest BCUT2D eigenvalue weighted by Gasteiger charge is 2.39. The molecule has 0 saturated carbocycles. The van der Waals surface area contributed by atoms with Crippen LogP contribution in [0.15, 0.2) is 35.3 Å². The molecule has 2 heterocycles. The van der Waals surface area contributed by atoms with Crippen LogP contribution in [0.4, 0.5) is 32.0 Å². The fourth-order valence-corrected chi connectivity index (χ4v) is 5.10. The quantitative estimate of drug-likeness (QED) is 0.285. The van der Waals surface area contributed by atoms with Crippen molar-refractivity contribution < 1.29 is 50.1 Å². The van der Waals surface area contributed by atoms with Crippen LogP contribution in [-0.2, 0) is 33.2 Å². The van der Waals surface area contributed by atoms with E-state index in [1.165, 1.54) is 14.2 Å². The summed E-state index contributed by atoms with van der Waals surface area (Å²) in [6.45, 7) is 2.88. The Labute approximate surface area is 232 Å². The van der Waals surface area contributed by atoms with Crippen LogP contribution >= 0.6 is 0 Å². The third kappa shape index (κ3) is 6.57. The minimum Gasteiger partial charge on any atom is -0.493 e. The lowest BCUT2D eigenvalue weighted by molar-refractivity contribution is -0.143. The molecule has 0 saturated heterocycles. The van der Waals surface area contributed by atoms with E-state index in [4.69, 9.17) is 18.9 Å². The fourth-order valence-electron chi connectivity index (χ4n) is 5.10. The lowest BCUT2D eigenvalue weighted by Gasteiger charge is -2.43. The number of hydrogen-bond donors (Lipinski definition) is 0. The van der Waals surface area contributed by atoms with Gasteiger partial charge in [-0.2, -0.15) is 26.3 Å². The number of aliphatic imine (C=N–C) groups is 1. The zero-order valence-corrected chi connectivity index (χ0v) is 22.5. The minimum absolute atomic E-state index is 0.0892. The van der Waals surface area contributed by atoms with Crippen molar-refractivity contribution >= 4 is 18.2 Å². The third-order valence-electron chi connectivity index (χ3n) is 6.97. The Morgan fingerprint density at radius 3 is 2.22 bits per heavy atom. The van der Waals surface area contributed by atoms with Gasteiger partial charge >= 0.3 is 12.4 Å². The van der Waals surface area contributed by atoms with Gasteiger partial charge in [0.25, 0.3) is 12.5 Å². The Kier molecular flexibility index (Phi) is 8.78. The third-order valence-corrected chi connectivity index (χ3v) is 6.97. The van der Waals surface area contributed by atoms with Gasteiger partial charge in [0.05, 0.1) is 44.0 Å². The average molecular weight is 590 g/mol. The second-order valence-corrected chi connectivity index (χ2v) is 9.60. The molecule has 0 fully saturated rings. The van der Waals surface area contributed by atoms with Crippen molar-refractivity contribution in [3.8, 4) is 11.5 Å². The van der Waals surface area contributed by atoms with Crippen molar-refractivity contribution in [2.75, 3.05) is 45.4 Å². The molecule has 2 unspecified atom stereocenters. The Morgan fingerprint density at radius 2 is 1.68 bits per heavy atom. The van der Waals surface area contributed by atoms with Crippen molar-refractivity contribution in [2.45, 2.75) is 44.3 Å². The van der Waals surface area contributed by atoms with Gasteiger partial charge in [-0.05, 0) is 43.2 Å². The van der Waals surface area contributed by atoms with Gasteiger partial charge in [0.15, 0.2) is 11.5 Å². The standard InChI is InChI=1S/C27H29F6N3O5/c1-16(14-40-15-37)35-6-4-21(20-11-23(38-2)24(39-3)12-22(20)35)36(25-34-5-7-41-25)13-17-8-18(26(28,29)30)10-19(9-17)27(31,32)33/h8-12,15-16,21H,4-7,13-14H2,1-3H3. The molecule has 14 heteroatoms. The van der Waals surface area contributed by atoms with Gasteiger partial charge in [-0.1, -0.05) is 0 Å². The van der Waals surface area contributed by atoms with Gasteiger partial charge in [-0.25, -0.2) is 4.99 Å². The number of carbonyl (C=O) groups is 1. The van der Waals surface area contributed by atoms with Crippen molar-refractivity contribution in [2.24, 2.45) is 4.99 Å². The molecular weight excluding hydrogens is 560 g/mol. The number of carbonyl (C=O) groups excluding carboxylic acids is 1. The highest BCUT2D eigenvalue weighted by molar-refractivity contribution is 5.77. The number of amidine groups is 1. The van der Waals surface area contributed by atoms with Crippen molar-refractivity contribution in [1.82, 2.24) is 4.90 Å². The number of methoxy groups -OCH3 is 2. The predicted molar refractivity (Wildman–Crippen MR) is 136 cm³/mol. The van der Waals surface area contributed by atoms with Crippen LogP contribution in [0.1, 0.15) is 41.6 Å². The maximum absolute atomic E-state index is 13.6. The van der Waals surface area contributed by atoms with Crippen LogP contribution in [0.3, 0.4) is 0 Å². The van der Waals surface area contributed by atoms with E-state index in [-0.39, 0.29) is 43.5 Å². The molecule has 8 nitrogen and oxygen atoms in total. The molecule has 0 amide bonds. The lowest BCUT2D eigenvalue weighted by atomic mass is 9.92. The number of hydrogen-bond acceptors (Lipinski definition) is 8. The second kappa shape index (κ2) is 12.0. The number of halogens is 6. The van der Waals surface area contributed by atoms with Gasteiger partial charge in [0.1, 0.15) is 13.2 Å². The Morgan fingerprint density at radius 1 is 1.05 bits per heavy atom. The van der Waals surface area contributed by atoms with Crippen LogP contribution in [0.2, 0.25) is 0 Å². The normalized spacial score (nSPS) is 17.7. The van der Waals surface area contributed by atoms with E-state index < -0.39 is 29.5 Å². The molecule has 0 radical (unpaired) electrons. The zero-order chi connectivity index (χ0) is 29.9. The first kappa shape index (κ1) is 30.1. The highest BCUT2D eigenvalue weighted by Crippen LogP contribution is 2.45. The summed E-state index contributed by atoms with van der Waals surface area (Å²) < 4.78 is 103. The van der Waals surface area contributed by atoms with Gasteiger partial charge in [0.2, 0.25) is 0 Å². The van der Waals surface area contributed by atoms with Crippen molar-refractivity contribution in [3.63, 3.8) is 0 Å².